The number of rotatable bonds is 4. The van der Waals surface area contributed by atoms with E-state index in [0.717, 1.165) is 25.8 Å². The van der Waals surface area contributed by atoms with Crippen molar-refractivity contribution in [2.75, 3.05) is 57.9 Å². The molecule has 3 aromatic rings. The Morgan fingerprint density at radius 2 is 1.87 bits per heavy atom. The van der Waals surface area contributed by atoms with Crippen LogP contribution in [0, 0.1) is 11.6 Å². The summed E-state index contributed by atoms with van der Waals surface area (Å²) in [7, 11) is 0. The van der Waals surface area contributed by atoms with Crippen molar-refractivity contribution in [3.05, 3.63) is 71.9 Å². The van der Waals surface area contributed by atoms with Crippen molar-refractivity contribution in [1.82, 2.24) is 20.2 Å². The lowest BCUT2D eigenvalue weighted by molar-refractivity contribution is 0.0383. The number of hydrogen-bond donors (Lipinski definition) is 2. The molecule has 6 bridgehead atoms. The fourth-order valence-electron chi connectivity index (χ4n) is 4.24. The van der Waals surface area contributed by atoms with E-state index in [9.17, 15) is 13.6 Å². The first-order valence-electron chi connectivity index (χ1n) is 12.8. The zero-order valence-corrected chi connectivity index (χ0v) is 21.3. The van der Waals surface area contributed by atoms with Crippen LogP contribution >= 0.6 is 0 Å². The number of aromatic nitrogens is 2. The molecule has 2 aromatic carbocycles. The molecule has 11 heteroatoms. The Balaban J connectivity index is 1.38. The summed E-state index contributed by atoms with van der Waals surface area (Å²) < 4.78 is 45.8. The number of carbonyl (C=O) groups is 1. The van der Waals surface area contributed by atoms with Crippen LogP contribution in [-0.2, 0) is 4.74 Å². The zero-order chi connectivity index (χ0) is 27.0. The van der Waals surface area contributed by atoms with Gasteiger partial charge in [0.15, 0.2) is 17.4 Å². The lowest BCUT2D eigenvalue weighted by Gasteiger charge is -2.26. The summed E-state index contributed by atoms with van der Waals surface area (Å²) in [4.78, 5) is 23.6. The molecule has 2 N–H and O–H groups in total. The van der Waals surface area contributed by atoms with E-state index in [-0.39, 0.29) is 36.5 Å². The first-order chi connectivity index (χ1) is 19.1. The number of ether oxygens (including phenoxy) is 3. The summed E-state index contributed by atoms with van der Waals surface area (Å²) in [5.41, 5.74) is 1.27. The largest absolute Gasteiger partial charge is 0.490 e. The highest BCUT2D eigenvalue weighted by molar-refractivity contribution is 5.97. The summed E-state index contributed by atoms with van der Waals surface area (Å²) in [6, 6.07) is 9.10. The van der Waals surface area contributed by atoms with Crippen molar-refractivity contribution in [3.8, 4) is 22.8 Å². The van der Waals surface area contributed by atoms with Gasteiger partial charge in [-0.05, 0) is 36.8 Å². The van der Waals surface area contributed by atoms with Gasteiger partial charge in [0.2, 0.25) is 5.95 Å². The van der Waals surface area contributed by atoms with E-state index in [2.05, 4.69) is 25.5 Å². The van der Waals surface area contributed by atoms with Crippen LogP contribution in [0.3, 0.4) is 0 Å². The monoisotopic (exact) mass is 537 g/mol. The standard InChI is InChI=1S/C28H29F2N5O4/c29-22-7-4-19-16-25(22)39-13-3-1-2-12-38-24-17-20(33-28-32-18-23(30)26(19)34-28)5-6-21(24)27(36)31-8-9-35-10-14-37-15-11-35/h1-2,4-7,16-18H,3,8-15H2,(H,31,36)(H,32,33,34)/b2-1-. The van der Waals surface area contributed by atoms with Gasteiger partial charge in [-0.25, -0.2) is 18.7 Å². The van der Waals surface area contributed by atoms with Crippen molar-refractivity contribution in [2.24, 2.45) is 0 Å². The van der Waals surface area contributed by atoms with Crippen LogP contribution in [-0.4, -0.2) is 73.4 Å². The first kappa shape index (κ1) is 26.5. The van der Waals surface area contributed by atoms with Gasteiger partial charge in [0, 0.05) is 43.5 Å². The van der Waals surface area contributed by atoms with Crippen LogP contribution in [0.2, 0.25) is 0 Å². The molecule has 0 spiro atoms. The lowest BCUT2D eigenvalue weighted by Crippen LogP contribution is -2.41. The third-order valence-electron chi connectivity index (χ3n) is 6.29. The number of halogens is 2. The number of morpholine rings is 1. The van der Waals surface area contributed by atoms with Crippen LogP contribution in [0.15, 0.2) is 54.7 Å². The van der Waals surface area contributed by atoms with E-state index in [0.29, 0.717) is 48.7 Å². The summed E-state index contributed by atoms with van der Waals surface area (Å²) in [5, 5.41) is 5.99. The van der Waals surface area contributed by atoms with E-state index in [4.69, 9.17) is 14.2 Å². The van der Waals surface area contributed by atoms with Crippen LogP contribution in [0.4, 0.5) is 20.4 Å². The second kappa shape index (κ2) is 12.6. The van der Waals surface area contributed by atoms with E-state index in [1.807, 2.05) is 6.08 Å². The van der Waals surface area contributed by atoms with Crippen molar-refractivity contribution in [2.45, 2.75) is 6.42 Å². The minimum atomic E-state index is -0.660. The molecule has 1 saturated heterocycles. The molecule has 0 atom stereocenters. The molecule has 0 radical (unpaired) electrons. The van der Waals surface area contributed by atoms with Gasteiger partial charge < -0.3 is 24.8 Å². The smallest absolute Gasteiger partial charge is 0.255 e. The number of benzene rings is 2. The molecule has 3 heterocycles. The normalized spacial score (nSPS) is 16.7. The van der Waals surface area contributed by atoms with E-state index >= 15 is 0 Å². The number of amides is 1. The van der Waals surface area contributed by atoms with Crippen molar-refractivity contribution in [1.29, 1.82) is 0 Å². The Morgan fingerprint density at radius 1 is 1.00 bits per heavy atom. The molecular weight excluding hydrogens is 508 g/mol. The first-order valence-corrected chi connectivity index (χ1v) is 12.8. The van der Waals surface area contributed by atoms with Gasteiger partial charge in [-0.1, -0.05) is 12.2 Å². The van der Waals surface area contributed by atoms with Gasteiger partial charge >= 0.3 is 0 Å². The zero-order valence-electron chi connectivity index (χ0n) is 21.3. The molecule has 1 aromatic heterocycles. The minimum absolute atomic E-state index is 0.00455. The van der Waals surface area contributed by atoms with Crippen LogP contribution < -0.4 is 20.1 Å². The van der Waals surface area contributed by atoms with Crippen molar-refractivity contribution in [3.63, 3.8) is 0 Å². The number of nitrogens with zero attached hydrogens (tertiary/aromatic N) is 3. The van der Waals surface area contributed by atoms with Gasteiger partial charge in [0.05, 0.1) is 31.6 Å². The Hall–Kier alpha value is -4.09. The van der Waals surface area contributed by atoms with Crippen LogP contribution in [0.25, 0.3) is 11.3 Å². The topological polar surface area (TPSA) is 97.8 Å². The molecule has 39 heavy (non-hydrogen) atoms. The molecule has 5 rings (SSSR count). The second-order valence-corrected chi connectivity index (χ2v) is 9.00. The van der Waals surface area contributed by atoms with E-state index in [1.165, 1.54) is 18.2 Å². The lowest BCUT2D eigenvalue weighted by atomic mass is 10.1. The quantitative estimate of drug-likeness (QED) is 0.483. The summed E-state index contributed by atoms with van der Waals surface area (Å²) in [6.45, 7) is 4.72. The van der Waals surface area contributed by atoms with Crippen LogP contribution in [0.5, 0.6) is 11.5 Å². The number of nitrogens with one attached hydrogen (secondary N) is 2. The second-order valence-electron chi connectivity index (χ2n) is 9.00. The third kappa shape index (κ3) is 6.87. The van der Waals surface area contributed by atoms with Gasteiger partial charge in [-0.15, -0.1) is 0 Å². The van der Waals surface area contributed by atoms with Gasteiger partial charge in [-0.2, -0.15) is 0 Å². The van der Waals surface area contributed by atoms with Crippen molar-refractivity contribution >= 4 is 17.5 Å². The van der Waals surface area contributed by atoms with Crippen molar-refractivity contribution < 1.29 is 27.8 Å². The average molecular weight is 538 g/mol. The maximum Gasteiger partial charge on any atom is 0.255 e. The number of anilines is 2. The Kier molecular flexibility index (Phi) is 8.59. The summed E-state index contributed by atoms with van der Waals surface area (Å²) >= 11 is 0. The number of hydrogen-bond acceptors (Lipinski definition) is 8. The molecule has 204 valence electrons. The minimum Gasteiger partial charge on any atom is -0.490 e. The molecule has 2 aliphatic heterocycles. The van der Waals surface area contributed by atoms with Gasteiger partial charge in [0.25, 0.3) is 5.91 Å². The molecule has 1 fully saturated rings. The number of carbonyl (C=O) groups excluding carboxylic acids is 1. The maximum atomic E-state index is 14.7. The van der Waals surface area contributed by atoms with E-state index in [1.54, 1.807) is 24.3 Å². The fourth-order valence-corrected chi connectivity index (χ4v) is 4.24. The average Bonchev–Trinajstić information content (AvgIpc) is 2.95. The number of fused-ring (bicyclic) bond motifs is 7. The van der Waals surface area contributed by atoms with Gasteiger partial charge in [-0.3, -0.25) is 9.69 Å². The SMILES string of the molecule is O=C(NCCN1CCOCC1)c1ccc2cc1OC/C=C\CCOc1cc(ccc1F)-c1nc(ncc1F)N2. The molecule has 0 aliphatic carbocycles. The van der Waals surface area contributed by atoms with Gasteiger partial charge in [0.1, 0.15) is 18.1 Å². The predicted octanol–water partition coefficient (Wildman–Crippen LogP) is 3.94. The molecule has 1 amide bonds. The van der Waals surface area contributed by atoms with E-state index < -0.39 is 11.6 Å². The summed E-state index contributed by atoms with van der Waals surface area (Å²) in [5.74, 6) is -0.975. The fraction of sp³-hybridized carbons (Fsp3) is 0.321. The Bertz CT molecular complexity index is 1350. The Labute approximate surface area is 224 Å². The Morgan fingerprint density at radius 3 is 2.74 bits per heavy atom. The van der Waals surface area contributed by atoms with Crippen LogP contribution in [0.1, 0.15) is 16.8 Å². The predicted molar refractivity (Wildman–Crippen MR) is 141 cm³/mol. The molecular formula is C28H29F2N5O4. The maximum absolute atomic E-state index is 14.7. The summed E-state index contributed by atoms with van der Waals surface area (Å²) in [6.07, 6.45) is 5.18. The molecule has 2 aliphatic rings. The highest BCUT2D eigenvalue weighted by atomic mass is 19.1. The molecule has 9 nitrogen and oxygen atoms in total. The molecule has 0 saturated carbocycles. The highest BCUT2D eigenvalue weighted by Gasteiger charge is 2.17. The molecule has 0 unspecified atom stereocenters. The highest BCUT2D eigenvalue weighted by Crippen LogP contribution is 2.29. The third-order valence-corrected chi connectivity index (χ3v) is 6.29.